The van der Waals surface area contributed by atoms with Crippen LogP contribution in [0, 0.1) is 62.3 Å². The van der Waals surface area contributed by atoms with Crippen molar-refractivity contribution in [3.63, 3.8) is 0 Å². The van der Waals surface area contributed by atoms with Crippen molar-refractivity contribution in [3.8, 4) is 0 Å². The third-order valence-corrected chi connectivity index (χ3v) is 19.0. The van der Waals surface area contributed by atoms with Crippen molar-refractivity contribution in [3.05, 3.63) is 173 Å². The molecule has 0 bridgehead atoms. The van der Waals surface area contributed by atoms with Gasteiger partial charge in [0.05, 0.1) is 28.6 Å². The molecule has 6 aromatic carbocycles. The van der Waals surface area contributed by atoms with Crippen LogP contribution in [0.25, 0.3) is 0 Å². The molecule has 9 heteroatoms. The maximum atomic E-state index is 2.50. The Hall–Kier alpha value is -0.626. The van der Waals surface area contributed by atoms with Crippen molar-refractivity contribution in [1.29, 1.82) is 0 Å². The van der Waals surface area contributed by atoms with E-state index in [-0.39, 0.29) is 102 Å². The summed E-state index contributed by atoms with van der Waals surface area (Å²) < 4.78 is 0. The Balaban J connectivity index is 0.000000473. The molecule has 342 valence electrons. The number of benzene rings is 3. The van der Waals surface area contributed by atoms with Gasteiger partial charge in [-0.05, 0) is 74.9 Å². The monoisotopic (exact) mass is 1090 g/mol. The van der Waals surface area contributed by atoms with E-state index < -0.39 is 0 Å². The third-order valence-electron chi connectivity index (χ3n) is 14.6. The minimum atomic E-state index is 0. The van der Waals surface area contributed by atoms with E-state index >= 15 is 0 Å². The molecule has 3 aliphatic rings. The van der Waals surface area contributed by atoms with Crippen LogP contribution in [-0.4, -0.2) is 28.6 Å². The summed E-state index contributed by atoms with van der Waals surface area (Å²) in [6, 6.07) is 31.4. The van der Waals surface area contributed by atoms with Crippen molar-refractivity contribution < 1.29 is 102 Å². The van der Waals surface area contributed by atoms with Crippen molar-refractivity contribution in [2.75, 3.05) is 0 Å². The number of aryl methyl sites for hydroxylation is 6. The minimum absolute atomic E-state index is 0. The molecule has 6 aromatic rings. The summed E-state index contributed by atoms with van der Waals surface area (Å²) >= 11 is 0. The van der Waals surface area contributed by atoms with Crippen LogP contribution in [-0.2, 0) is 122 Å². The topological polar surface area (TPSA) is 0 Å². The Bertz CT molecular complexity index is 2160. The molecular formula is C57H69Cl3Si3Ti3. The van der Waals surface area contributed by atoms with Gasteiger partial charge in [0.1, 0.15) is 0 Å². The standard InChI is InChI=1S/3C19H23Si.3ClH.3Ti/c3*1-13-7-6-10-19(14(13)2)20-12-17-11-16-8-4-5-9-18(16)15(17)3;;;;;;/h3*6-7,10-11H,4-5,8-9,12H2,1-3H3;3*1H;;;/q3*-1;;;;3*+2/p-3. The Morgan fingerprint density at radius 3 is 0.864 bits per heavy atom. The van der Waals surface area contributed by atoms with Crippen molar-refractivity contribution in [1.82, 2.24) is 0 Å². The van der Waals surface area contributed by atoms with E-state index in [0.717, 1.165) is 28.6 Å². The molecule has 0 aromatic heterocycles. The number of halogens is 3. The number of rotatable bonds is 9. The van der Waals surface area contributed by atoms with E-state index in [1.54, 1.807) is 82.3 Å². The average molecular weight is 1090 g/mol. The average Bonchev–Trinajstić information content (AvgIpc) is 3.89. The van der Waals surface area contributed by atoms with Gasteiger partial charge in [0, 0.05) is 0 Å². The maximum Gasteiger partial charge on any atom is 2.00 e. The van der Waals surface area contributed by atoms with Gasteiger partial charge in [-0.25, -0.2) is 18.2 Å². The fourth-order valence-electron chi connectivity index (χ4n) is 10.0. The van der Waals surface area contributed by atoms with Gasteiger partial charge >= 0.3 is 65.2 Å². The van der Waals surface area contributed by atoms with Gasteiger partial charge in [-0.2, -0.15) is 66.8 Å². The molecule has 0 spiro atoms. The van der Waals surface area contributed by atoms with E-state index in [2.05, 4.69) is 135 Å². The Labute approximate surface area is 472 Å². The number of fused-ring (bicyclic) bond motifs is 3. The zero-order chi connectivity index (χ0) is 42.3. The van der Waals surface area contributed by atoms with Crippen LogP contribution in [0.15, 0.2) is 72.8 Å². The third kappa shape index (κ3) is 15.7. The van der Waals surface area contributed by atoms with Crippen LogP contribution in [0.3, 0.4) is 0 Å². The molecule has 0 amide bonds. The quantitative estimate of drug-likeness (QED) is 0.154. The van der Waals surface area contributed by atoms with E-state index in [9.17, 15) is 0 Å². The molecule has 0 aliphatic heterocycles. The fraction of sp³-hybridized carbons (Fsp3) is 0.421. The first-order valence-electron chi connectivity index (χ1n) is 23.2. The number of hydrogen-bond donors (Lipinski definition) is 0. The van der Waals surface area contributed by atoms with E-state index in [4.69, 9.17) is 0 Å². The molecule has 0 heterocycles. The zero-order valence-electron chi connectivity index (χ0n) is 41.2. The molecule has 0 unspecified atom stereocenters. The summed E-state index contributed by atoms with van der Waals surface area (Å²) in [5, 5.41) is 4.63. The number of hydrogen-bond acceptors (Lipinski definition) is 0. The molecule has 0 fully saturated rings. The summed E-state index contributed by atoms with van der Waals surface area (Å²) in [5.41, 5.74) is 28.3. The molecule has 6 radical (unpaired) electrons. The smallest absolute Gasteiger partial charge is 1.00 e. The van der Waals surface area contributed by atoms with Gasteiger partial charge in [-0.15, -0.1) is 0 Å². The Morgan fingerprint density at radius 1 is 0.379 bits per heavy atom. The predicted molar refractivity (Wildman–Crippen MR) is 265 cm³/mol. The fourth-order valence-corrected chi connectivity index (χ4v) is 14.3. The molecule has 9 rings (SSSR count). The van der Waals surface area contributed by atoms with Crippen LogP contribution in [0.4, 0.5) is 0 Å². The second kappa shape index (κ2) is 30.3. The Kier molecular flexibility index (Phi) is 29.1. The molecular weight excluding hydrogens is 1020 g/mol. The molecule has 0 nitrogen and oxygen atoms in total. The largest absolute Gasteiger partial charge is 2.00 e. The van der Waals surface area contributed by atoms with Crippen molar-refractivity contribution >= 4 is 44.1 Å². The SMILES string of the molecule is Cc1cccc([Si]Cc2cc3c([c-]2C)CCCC3)c1C.Cc1cccc([Si]Cc2cc3c([c-]2C)CCCC3)c1C.Cc1cccc([Si]Cc2cc3c([c-]2C)CCCC3)c1C.[Cl-].[Cl-].[Cl-].[Ti+2].[Ti+2].[Ti+2]. The summed E-state index contributed by atoms with van der Waals surface area (Å²) in [4.78, 5) is 0. The minimum Gasteiger partial charge on any atom is -1.00 e. The van der Waals surface area contributed by atoms with Crippen LogP contribution in [0.1, 0.15) is 139 Å². The second-order valence-electron chi connectivity index (χ2n) is 18.3. The molecule has 3 aliphatic carbocycles. The van der Waals surface area contributed by atoms with E-state index in [1.807, 2.05) is 0 Å². The molecule has 0 saturated carbocycles. The predicted octanol–water partition coefficient (Wildman–Crippen LogP) is 2.22. The molecule has 0 N–H and O–H groups in total. The normalized spacial score (nSPS) is 13.0. The van der Waals surface area contributed by atoms with Gasteiger partial charge in [0.2, 0.25) is 0 Å². The summed E-state index contributed by atoms with van der Waals surface area (Å²) in [6.07, 6.45) is 16.2. The van der Waals surface area contributed by atoms with Crippen molar-refractivity contribution in [2.45, 2.75) is 157 Å². The summed E-state index contributed by atoms with van der Waals surface area (Å²) in [7, 11) is 2.72. The first-order valence-corrected chi connectivity index (χ1v) is 26.8. The molecule has 0 saturated heterocycles. The summed E-state index contributed by atoms with van der Waals surface area (Å²) in [6.45, 7) is 20.5. The van der Waals surface area contributed by atoms with Gasteiger partial charge in [-0.3, -0.25) is 0 Å². The Morgan fingerprint density at radius 2 is 0.621 bits per heavy atom. The van der Waals surface area contributed by atoms with Crippen molar-refractivity contribution in [2.24, 2.45) is 0 Å². The van der Waals surface area contributed by atoms with Gasteiger partial charge in [-0.1, -0.05) is 186 Å². The van der Waals surface area contributed by atoms with Gasteiger partial charge in [0.15, 0.2) is 0 Å². The molecule has 0 atom stereocenters. The van der Waals surface area contributed by atoms with Crippen LogP contribution in [0.5, 0.6) is 0 Å². The first-order chi connectivity index (χ1) is 29.0. The first kappa shape index (κ1) is 63.4. The maximum absolute atomic E-state index is 2.50. The zero-order valence-corrected chi connectivity index (χ0v) is 51.1. The molecule has 66 heavy (non-hydrogen) atoms. The van der Waals surface area contributed by atoms with Crippen LogP contribution in [0.2, 0.25) is 0 Å². The van der Waals surface area contributed by atoms with Gasteiger partial charge < -0.3 is 37.2 Å². The van der Waals surface area contributed by atoms with E-state index in [1.165, 1.54) is 129 Å². The van der Waals surface area contributed by atoms with E-state index in [0.29, 0.717) is 0 Å². The second-order valence-corrected chi connectivity index (χ2v) is 22.1. The van der Waals surface area contributed by atoms with Crippen LogP contribution >= 0.6 is 0 Å². The van der Waals surface area contributed by atoms with Crippen LogP contribution < -0.4 is 52.8 Å². The summed E-state index contributed by atoms with van der Waals surface area (Å²) in [5.74, 6) is 0. The van der Waals surface area contributed by atoms with Gasteiger partial charge in [0.25, 0.3) is 0 Å².